The van der Waals surface area contributed by atoms with Crippen LogP contribution in [-0.4, -0.2) is 17.4 Å². The van der Waals surface area contributed by atoms with Crippen molar-refractivity contribution in [3.8, 4) is 0 Å². The lowest BCUT2D eigenvalue weighted by Gasteiger charge is -1.94. The quantitative estimate of drug-likeness (QED) is 0.575. The van der Waals surface area contributed by atoms with E-state index < -0.39 is 0 Å². The van der Waals surface area contributed by atoms with Crippen molar-refractivity contribution < 1.29 is 4.84 Å². The Kier molecular flexibility index (Phi) is 1.64. The maximum atomic E-state index is 4.77. The Morgan fingerprint density at radius 3 is 3.08 bits per heavy atom. The molecule has 1 heterocycles. The third kappa shape index (κ3) is 0.932. The van der Waals surface area contributed by atoms with Crippen molar-refractivity contribution >= 4 is 5.71 Å². The molecule has 64 valence electrons. The smallest absolute Gasteiger partial charge is 0.106 e. The molecule has 0 bridgehead atoms. The fraction of sp³-hybridized carbons (Fsp3) is 0.444. The Labute approximate surface area is 71.6 Å². The number of nitrogens with zero attached hydrogens (tertiary/aromatic N) is 2. The van der Waals surface area contributed by atoms with Gasteiger partial charge in [0.1, 0.15) is 7.11 Å². The molecule has 0 N–H and O–H groups in total. The van der Waals surface area contributed by atoms with Crippen molar-refractivity contribution in [3.05, 3.63) is 23.5 Å². The zero-order valence-corrected chi connectivity index (χ0v) is 7.37. The second kappa shape index (κ2) is 2.66. The summed E-state index contributed by atoms with van der Waals surface area (Å²) in [6.07, 6.45) is 4.16. The first-order chi connectivity index (χ1) is 5.83. The van der Waals surface area contributed by atoms with Crippen LogP contribution in [0.25, 0.3) is 0 Å². The predicted octanol–water partition coefficient (Wildman–Crippen LogP) is 1.32. The molecule has 1 aliphatic carbocycles. The topological polar surface area (TPSA) is 26.5 Å². The highest BCUT2D eigenvalue weighted by Gasteiger charge is 2.20. The number of hydrogen-bond acceptors (Lipinski definition) is 2. The van der Waals surface area contributed by atoms with Gasteiger partial charge in [-0.3, -0.25) is 0 Å². The third-order valence-corrected chi connectivity index (χ3v) is 2.31. The zero-order chi connectivity index (χ0) is 8.55. The fourth-order valence-electron chi connectivity index (χ4n) is 1.71. The first kappa shape index (κ1) is 7.40. The Hall–Kier alpha value is -1.25. The molecular formula is C9H12N2O. The average Bonchev–Trinajstić information content (AvgIpc) is 2.58. The first-order valence-corrected chi connectivity index (χ1v) is 4.07. The van der Waals surface area contributed by atoms with Crippen LogP contribution in [0.3, 0.4) is 0 Å². The van der Waals surface area contributed by atoms with Crippen LogP contribution in [0.5, 0.6) is 0 Å². The van der Waals surface area contributed by atoms with Gasteiger partial charge in [0.15, 0.2) is 0 Å². The molecule has 0 saturated carbocycles. The minimum Gasteiger partial charge on any atom is -0.399 e. The molecule has 12 heavy (non-hydrogen) atoms. The number of aryl methyl sites for hydroxylation is 1. The Bertz CT molecular complexity index is 325. The van der Waals surface area contributed by atoms with Crippen LogP contribution >= 0.6 is 0 Å². The van der Waals surface area contributed by atoms with Crippen LogP contribution in [0.15, 0.2) is 17.4 Å². The molecule has 0 fully saturated rings. The van der Waals surface area contributed by atoms with Crippen LogP contribution in [0.1, 0.15) is 17.7 Å². The summed E-state index contributed by atoms with van der Waals surface area (Å²) in [4.78, 5) is 4.77. The van der Waals surface area contributed by atoms with Crippen LogP contribution < -0.4 is 0 Å². The highest BCUT2D eigenvalue weighted by molar-refractivity contribution is 6.03. The first-order valence-electron chi connectivity index (χ1n) is 4.07. The zero-order valence-electron chi connectivity index (χ0n) is 7.37. The van der Waals surface area contributed by atoms with E-state index in [0.717, 1.165) is 18.6 Å². The number of aromatic nitrogens is 1. The summed E-state index contributed by atoms with van der Waals surface area (Å²) in [5.41, 5.74) is 3.69. The Morgan fingerprint density at radius 1 is 1.50 bits per heavy atom. The second-order valence-corrected chi connectivity index (χ2v) is 3.01. The van der Waals surface area contributed by atoms with Gasteiger partial charge < -0.3 is 9.40 Å². The van der Waals surface area contributed by atoms with E-state index in [1.807, 2.05) is 0 Å². The van der Waals surface area contributed by atoms with Gasteiger partial charge in [0.05, 0.1) is 5.71 Å². The molecule has 0 amide bonds. The lowest BCUT2D eigenvalue weighted by Crippen LogP contribution is -1.92. The molecule has 0 saturated heterocycles. The molecule has 1 aliphatic rings. The molecule has 0 aromatic carbocycles. The monoisotopic (exact) mass is 164 g/mol. The van der Waals surface area contributed by atoms with Gasteiger partial charge in [0, 0.05) is 24.5 Å². The number of oxime groups is 1. The Morgan fingerprint density at radius 2 is 2.33 bits per heavy atom. The van der Waals surface area contributed by atoms with E-state index in [1.54, 1.807) is 7.11 Å². The van der Waals surface area contributed by atoms with Crippen molar-refractivity contribution in [2.75, 3.05) is 7.11 Å². The van der Waals surface area contributed by atoms with Gasteiger partial charge in [0.2, 0.25) is 0 Å². The second-order valence-electron chi connectivity index (χ2n) is 3.01. The van der Waals surface area contributed by atoms with Gasteiger partial charge in [-0.1, -0.05) is 5.16 Å². The Balaban J connectivity index is 2.43. The highest BCUT2D eigenvalue weighted by Crippen LogP contribution is 2.22. The van der Waals surface area contributed by atoms with Gasteiger partial charge >= 0.3 is 0 Å². The van der Waals surface area contributed by atoms with Gasteiger partial charge in [-0.05, 0) is 18.9 Å². The largest absolute Gasteiger partial charge is 0.399 e. The summed E-state index contributed by atoms with van der Waals surface area (Å²) in [5, 5.41) is 3.98. The lowest BCUT2D eigenvalue weighted by atomic mass is 10.2. The van der Waals surface area contributed by atoms with Crippen LogP contribution in [0.4, 0.5) is 0 Å². The van der Waals surface area contributed by atoms with E-state index in [2.05, 4.69) is 29.0 Å². The van der Waals surface area contributed by atoms with Gasteiger partial charge in [-0.25, -0.2) is 0 Å². The van der Waals surface area contributed by atoms with E-state index in [9.17, 15) is 0 Å². The van der Waals surface area contributed by atoms with Crippen molar-refractivity contribution in [1.29, 1.82) is 0 Å². The standard InChI is InChI=1S/C9H12N2O/c1-11-6-5-7-8(10-12-2)3-4-9(7)11/h5-6H,3-4H2,1-2H3. The predicted molar refractivity (Wildman–Crippen MR) is 47.3 cm³/mol. The van der Waals surface area contributed by atoms with E-state index >= 15 is 0 Å². The van der Waals surface area contributed by atoms with Crippen LogP contribution in [0, 0.1) is 0 Å². The fourth-order valence-corrected chi connectivity index (χ4v) is 1.71. The summed E-state index contributed by atoms with van der Waals surface area (Å²) in [7, 11) is 3.66. The van der Waals surface area contributed by atoms with Crippen LogP contribution in [-0.2, 0) is 18.3 Å². The maximum absolute atomic E-state index is 4.77. The summed E-state index contributed by atoms with van der Waals surface area (Å²) in [5.74, 6) is 0. The number of rotatable bonds is 1. The van der Waals surface area contributed by atoms with E-state index in [-0.39, 0.29) is 0 Å². The summed E-state index contributed by atoms with van der Waals surface area (Å²) in [6.45, 7) is 0. The molecule has 2 rings (SSSR count). The third-order valence-electron chi connectivity index (χ3n) is 2.31. The molecule has 0 radical (unpaired) electrons. The number of fused-ring (bicyclic) bond motifs is 1. The molecule has 3 heteroatoms. The highest BCUT2D eigenvalue weighted by atomic mass is 16.6. The molecule has 0 atom stereocenters. The molecular weight excluding hydrogens is 152 g/mol. The SMILES string of the molecule is CON=C1CCc2c1ccn2C. The molecule has 3 nitrogen and oxygen atoms in total. The number of hydrogen-bond donors (Lipinski definition) is 0. The summed E-state index contributed by atoms with van der Waals surface area (Å²) >= 11 is 0. The normalized spacial score (nSPS) is 18.3. The maximum Gasteiger partial charge on any atom is 0.106 e. The average molecular weight is 164 g/mol. The van der Waals surface area contributed by atoms with Crippen molar-refractivity contribution in [2.24, 2.45) is 12.2 Å². The van der Waals surface area contributed by atoms with E-state index in [1.165, 1.54) is 11.3 Å². The minimum atomic E-state index is 1.01. The van der Waals surface area contributed by atoms with Crippen molar-refractivity contribution in [3.63, 3.8) is 0 Å². The van der Waals surface area contributed by atoms with Gasteiger partial charge in [-0.2, -0.15) is 0 Å². The molecule has 0 aliphatic heterocycles. The molecule has 1 aromatic rings. The van der Waals surface area contributed by atoms with E-state index in [0.29, 0.717) is 0 Å². The van der Waals surface area contributed by atoms with Crippen molar-refractivity contribution in [1.82, 2.24) is 4.57 Å². The molecule has 0 spiro atoms. The molecule has 1 aromatic heterocycles. The minimum absolute atomic E-state index is 1.01. The van der Waals surface area contributed by atoms with Gasteiger partial charge in [0.25, 0.3) is 0 Å². The van der Waals surface area contributed by atoms with E-state index in [4.69, 9.17) is 4.84 Å². The summed E-state index contributed by atoms with van der Waals surface area (Å²) < 4.78 is 2.15. The van der Waals surface area contributed by atoms with Crippen LogP contribution in [0.2, 0.25) is 0 Å². The van der Waals surface area contributed by atoms with Gasteiger partial charge in [-0.15, -0.1) is 0 Å². The van der Waals surface area contributed by atoms with Crippen molar-refractivity contribution in [2.45, 2.75) is 12.8 Å². The molecule has 0 unspecified atom stereocenters. The lowest BCUT2D eigenvalue weighted by molar-refractivity contribution is 0.213. The summed E-state index contributed by atoms with van der Waals surface area (Å²) in [6, 6.07) is 2.10.